The van der Waals surface area contributed by atoms with Crippen molar-refractivity contribution in [2.24, 2.45) is 0 Å². The highest BCUT2D eigenvalue weighted by atomic mass is 19.2. The number of carbonyl (C=O) groups is 2. The average molecular weight is 405 g/mol. The number of fused-ring (bicyclic) bond motifs is 1. The molecule has 29 heavy (non-hydrogen) atoms. The Labute approximate surface area is 164 Å². The van der Waals surface area contributed by atoms with Crippen LogP contribution in [0.5, 0.6) is 5.75 Å². The van der Waals surface area contributed by atoms with Crippen molar-refractivity contribution >= 4 is 22.8 Å². The van der Waals surface area contributed by atoms with Crippen LogP contribution >= 0.6 is 0 Å². The maximum absolute atomic E-state index is 14.8. The van der Waals surface area contributed by atoms with Gasteiger partial charge in [-0.1, -0.05) is 13.3 Å². The van der Waals surface area contributed by atoms with E-state index >= 15 is 0 Å². The minimum absolute atomic E-state index is 0.0323. The van der Waals surface area contributed by atoms with Gasteiger partial charge in [0.05, 0.1) is 11.4 Å². The third-order valence-corrected chi connectivity index (χ3v) is 4.93. The molecule has 0 aliphatic carbocycles. The van der Waals surface area contributed by atoms with E-state index in [1.807, 2.05) is 0 Å². The fourth-order valence-corrected chi connectivity index (χ4v) is 3.61. The van der Waals surface area contributed by atoms with Gasteiger partial charge in [-0.3, -0.25) is 14.2 Å². The Morgan fingerprint density at radius 1 is 1.10 bits per heavy atom. The number of aromatic hydroxyl groups is 1. The van der Waals surface area contributed by atoms with Crippen LogP contribution in [0.25, 0.3) is 10.9 Å². The standard InChI is InChI=1S/C21H18F3NO4/c1-3-4-12(21(28)29)17-10(2)25(15-7-8-16(26)19(24)18(15)17)20(27)11-5-6-13(22)14(23)9-11/h5-9,12,26H,3-4H2,1-2H3,(H,28,29). The van der Waals surface area contributed by atoms with Gasteiger partial charge in [0, 0.05) is 16.6 Å². The summed E-state index contributed by atoms with van der Waals surface area (Å²) in [5.41, 5.74) is 0.0648. The molecule has 0 aliphatic heterocycles. The highest BCUT2D eigenvalue weighted by molar-refractivity contribution is 6.05. The predicted molar refractivity (Wildman–Crippen MR) is 99.7 cm³/mol. The zero-order chi connectivity index (χ0) is 21.5. The van der Waals surface area contributed by atoms with E-state index in [4.69, 9.17) is 0 Å². The van der Waals surface area contributed by atoms with Gasteiger partial charge in [0.25, 0.3) is 5.91 Å². The van der Waals surface area contributed by atoms with Crippen molar-refractivity contribution in [3.05, 3.63) is 64.6 Å². The van der Waals surface area contributed by atoms with Crippen LogP contribution < -0.4 is 0 Å². The van der Waals surface area contributed by atoms with Crippen molar-refractivity contribution in [1.29, 1.82) is 0 Å². The third kappa shape index (κ3) is 3.35. The minimum atomic E-state index is -1.22. The van der Waals surface area contributed by atoms with Crippen molar-refractivity contribution in [3.63, 3.8) is 0 Å². The molecule has 3 aromatic rings. The van der Waals surface area contributed by atoms with Gasteiger partial charge in [-0.2, -0.15) is 0 Å². The number of halogens is 3. The summed E-state index contributed by atoms with van der Waals surface area (Å²) in [6.45, 7) is 3.22. The molecule has 1 atom stereocenters. The van der Waals surface area contributed by atoms with Gasteiger partial charge >= 0.3 is 5.97 Å². The molecule has 2 aromatic carbocycles. The molecule has 0 saturated carbocycles. The van der Waals surface area contributed by atoms with Crippen LogP contribution in [-0.4, -0.2) is 26.7 Å². The molecular weight excluding hydrogens is 387 g/mol. The highest BCUT2D eigenvalue weighted by Gasteiger charge is 2.31. The predicted octanol–water partition coefficient (Wildman–Crippen LogP) is 4.73. The largest absolute Gasteiger partial charge is 0.505 e. The van der Waals surface area contributed by atoms with Crippen LogP contribution in [0.2, 0.25) is 0 Å². The summed E-state index contributed by atoms with van der Waals surface area (Å²) < 4.78 is 42.7. The fourth-order valence-electron chi connectivity index (χ4n) is 3.61. The molecule has 0 radical (unpaired) electrons. The van der Waals surface area contributed by atoms with E-state index in [0.717, 1.165) is 28.8 Å². The van der Waals surface area contributed by atoms with Crippen molar-refractivity contribution in [2.75, 3.05) is 0 Å². The second-order valence-electron chi connectivity index (χ2n) is 6.74. The van der Waals surface area contributed by atoms with Crippen LogP contribution in [0.3, 0.4) is 0 Å². The lowest BCUT2D eigenvalue weighted by Crippen LogP contribution is -2.16. The Kier molecular flexibility index (Phi) is 5.37. The molecule has 1 aromatic heterocycles. The van der Waals surface area contributed by atoms with Crippen LogP contribution in [-0.2, 0) is 4.79 Å². The number of phenolic OH excluding ortho intramolecular Hbond substituents is 1. The Morgan fingerprint density at radius 3 is 2.38 bits per heavy atom. The molecule has 152 valence electrons. The molecule has 1 heterocycles. The molecule has 0 bridgehead atoms. The lowest BCUT2D eigenvalue weighted by Gasteiger charge is -2.13. The Morgan fingerprint density at radius 2 is 1.79 bits per heavy atom. The first-order valence-electron chi connectivity index (χ1n) is 8.93. The SMILES string of the molecule is CCCC(C(=O)O)c1c(C)n(C(=O)c2ccc(F)c(F)c2)c2ccc(O)c(F)c12. The van der Waals surface area contributed by atoms with Gasteiger partial charge in [-0.15, -0.1) is 0 Å². The zero-order valence-corrected chi connectivity index (χ0v) is 15.7. The Hall–Kier alpha value is -3.29. The summed E-state index contributed by atoms with van der Waals surface area (Å²) in [5, 5.41) is 19.3. The average Bonchev–Trinajstić information content (AvgIpc) is 2.96. The van der Waals surface area contributed by atoms with Crippen LogP contribution in [0.15, 0.2) is 30.3 Å². The molecule has 0 fully saturated rings. The van der Waals surface area contributed by atoms with Crippen molar-refractivity contribution in [2.45, 2.75) is 32.6 Å². The van der Waals surface area contributed by atoms with E-state index in [-0.39, 0.29) is 34.1 Å². The van der Waals surface area contributed by atoms with Gasteiger partial charge in [-0.25, -0.2) is 13.2 Å². The van der Waals surface area contributed by atoms with Crippen LogP contribution in [0, 0.1) is 24.4 Å². The maximum atomic E-state index is 14.8. The van der Waals surface area contributed by atoms with Crippen LogP contribution in [0.1, 0.15) is 47.3 Å². The maximum Gasteiger partial charge on any atom is 0.311 e. The molecular formula is C21H18F3NO4. The fraction of sp³-hybridized carbons (Fsp3) is 0.238. The van der Waals surface area contributed by atoms with Crippen molar-refractivity contribution < 1.29 is 33.0 Å². The normalized spacial score (nSPS) is 12.3. The van der Waals surface area contributed by atoms with E-state index in [1.165, 1.54) is 13.0 Å². The van der Waals surface area contributed by atoms with Crippen molar-refractivity contribution in [3.8, 4) is 5.75 Å². The number of aliphatic carboxylic acids is 1. The Balaban J connectivity index is 2.35. The quantitative estimate of drug-likeness (QED) is 0.643. The number of carboxylic acids is 1. The zero-order valence-electron chi connectivity index (χ0n) is 15.7. The van der Waals surface area contributed by atoms with E-state index in [2.05, 4.69) is 0 Å². The molecule has 0 spiro atoms. The number of carbonyl (C=O) groups excluding carboxylic acids is 1. The monoisotopic (exact) mass is 405 g/mol. The molecule has 0 aliphatic rings. The van der Waals surface area contributed by atoms with Gasteiger partial charge in [0.15, 0.2) is 23.2 Å². The lowest BCUT2D eigenvalue weighted by molar-refractivity contribution is -0.139. The van der Waals surface area contributed by atoms with Gasteiger partial charge < -0.3 is 10.2 Å². The molecule has 2 N–H and O–H groups in total. The van der Waals surface area contributed by atoms with Gasteiger partial charge in [0.1, 0.15) is 0 Å². The summed E-state index contributed by atoms with van der Waals surface area (Å²) in [7, 11) is 0. The summed E-state index contributed by atoms with van der Waals surface area (Å²) in [4.78, 5) is 24.9. The minimum Gasteiger partial charge on any atom is -0.505 e. The van der Waals surface area contributed by atoms with Crippen molar-refractivity contribution in [1.82, 2.24) is 4.57 Å². The first-order chi connectivity index (χ1) is 13.7. The van der Waals surface area contributed by atoms with Crippen LogP contribution in [0.4, 0.5) is 13.2 Å². The lowest BCUT2D eigenvalue weighted by atomic mass is 9.92. The number of hydrogen-bond donors (Lipinski definition) is 2. The molecule has 8 heteroatoms. The van der Waals surface area contributed by atoms with Gasteiger partial charge in [-0.05, 0) is 49.2 Å². The third-order valence-electron chi connectivity index (χ3n) is 4.93. The number of rotatable bonds is 5. The van der Waals surface area contributed by atoms with E-state index < -0.39 is 41.0 Å². The van der Waals surface area contributed by atoms with E-state index in [0.29, 0.717) is 6.42 Å². The smallest absolute Gasteiger partial charge is 0.311 e. The summed E-state index contributed by atoms with van der Waals surface area (Å²) in [6, 6.07) is 4.94. The second kappa shape index (κ2) is 7.62. The topological polar surface area (TPSA) is 79.5 Å². The summed E-state index contributed by atoms with van der Waals surface area (Å²) in [6.07, 6.45) is 0.671. The first-order valence-corrected chi connectivity index (χ1v) is 8.93. The van der Waals surface area contributed by atoms with Gasteiger partial charge in [0.2, 0.25) is 0 Å². The molecule has 5 nitrogen and oxygen atoms in total. The number of benzene rings is 2. The number of aromatic nitrogens is 1. The summed E-state index contributed by atoms with van der Waals surface area (Å²) >= 11 is 0. The molecule has 1 unspecified atom stereocenters. The van der Waals surface area contributed by atoms with E-state index in [1.54, 1.807) is 6.92 Å². The highest BCUT2D eigenvalue weighted by Crippen LogP contribution is 2.39. The second-order valence-corrected chi connectivity index (χ2v) is 6.74. The number of nitrogens with zero attached hydrogens (tertiary/aromatic N) is 1. The first kappa shape index (κ1) is 20.4. The Bertz CT molecular complexity index is 1140. The number of hydrogen-bond acceptors (Lipinski definition) is 3. The number of carboxylic acid groups (broad SMARTS) is 1. The molecule has 0 saturated heterocycles. The summed E-state index contributed by atoms with van der Waals surface area (Å²) in [5.74, 6) is -7.15. The molecule has 3 rings (SSSR count). The van der Waals surface area contributed by atoms with E-state index in [9.17, 15) is 33.0 Å². The number of phenols is 1. The molecule has 0 amide bonds.